The Morgan fingerprint density at radius 3 is 2.75 bits per heavy atom. The number of thioether (sulfide) groups is 1. The molecule has 32 heavy (non-hydrogen) atoms. The van der Waals surface area contributed by atoms with Crippen LogP contribution in [0.15, 0.2) is 59.0 Å². The molecule has 0 bridgehead atoms. The van der Waals surface area contributed by atoms with Crippen LogP contribution in [-0.4, -0.2) is 33.7 Å². The number of benzene rings is 2. The highest BCUT2D eigenvalue weighted by Crippen LogP contribution is 2.21. The van der Waals surface area contributed by atoms with E-state index < -0.39 is 0 Å². The molecule has 3 rings (SSSR count). The van der Waals surface area contributed by atoms with Gasteiger partial charge in [0.2, 0.25) is 11.8 Å². The number of nitrogens with zero attached hydrogens (tertiary/aromatic N) is 2. The molecule has 9 heteroatoms. The number of halogens is 1. The minimum absolute atomic E-state index is 0.00753. The molecule has 0 aliphatic heterocycles. The Balaban J connectivity index is 1.64. The fraction of sp³-hybridized carbons (Fsp3) is 0.217. The standard InChI is InChI=1S/C23H23ClN4O3S/c1-4-10-28-22(31)17-9-8-16(24)11-19(17)27-23(28)32-13-21(30)25-12-20(29)26-18-7-5-6-14(2)15(18)3/h4-9,11H,1,10,12-13H2,2-3H3,(H,25,30)(H,26,29). The van der Waals surface area contributed by atoms with E-state index in [-0.39, 0.29) is 36.2 Å². The molecule has 0 spiro atoms. The van der Waals surface area contributed by atoms with E-state index in [1.54, 1.807) is 24.3 Å². The third-order valence-corrected chi connectivity index (χ3v) is 6.06. The molecule has 166 valence electrons. The Hall–Kier alpha value is -3.10. The highest BCUT2D eigenvalue weighted by atomic mass is 35.5. The highest BCUT2D eigenvalue weighted by molar-refractivity contribution is 7.99. The van der Waals surface area contributed by atoms with Crippen molar-refractivity contribution in [1.29, 1.82) is 0 Å². The summed E-state index contributed by atoms with van der Waals surface area (Å²) < 4.78 is 1.45. The molecule has 2 amide bonds. The molecule has 0 fully saturated rings. The predicted octanol–water partition coefficient (Wildman–Crippen LogP) is 3.70. The Morgan fingerprint density at radius 1 is 1.22 bits per heavy atom. The number of hydrogen-bond acceptors (Lipinski definition) is 5. The first-order valence-electron chi connectivity index (χ1n) is 9.86. The average Bonchev–Trinajstić information content (AvgIpc) is 2.76. The maximum absolute atomic E-state index is 12.8. The van der Waals surface area contributed by atoms with Gasteiger partial charge in [-0.25, -0.2) is 4.98 Å². The van der Waals surface area contributed by atoms with Crippen molar-refractivity contribution in [3.63, 3.8) is 0 Å². The Labute approximate surface area is 194 Å². The number of aryl methyl sites for hydroxylation is 1. The van der Waals surface area contributed by atoms with Crippen LogP contribution in [0.3, 0.4) is 0 Å². The van der Waals surface area contributed by atoms with Crippen molar-refractivity contribution in [3.05, 3.63) is 75.6 Å². The van der Waals surface area contributed by atoms with Crippen LogP contribution >= 0.6 is 23.4 Å². The van der Waals surface area contributed by atoms with E-state index in [1.165, 1.54) is 4.57 Å². The summed E-state index contributed by atoms with van der Waals surface area (Å²) in [6.07, 6.45) is 1.59. The van der Waals surface area contributed by atoms with Crippen LogP contribution in [0.2, 0.25) is 5.02 Å². The van der Waals surface area contributed by atoms with Gasteiger partial charge in [-0.1, -0.05) is 41.6 Å². The molecular formula is C23H23ClN4O3S. The normalized spacial score (nSPS) is 10.7. The second-order valence-electron chi connectivity index (χ2n) is 7.12. The lowest BCUT2D eigenvalue weighted by molar-refractivity contribution is -0.122. The first kappa shape index (κ1) is 23.6. The number of anilines is 1. The van der Waals surface area contributed by atoms with Crippen molar-refractivity contribution in [2.75, 3.05) is 17.6 Å². The maximum atomic E-state index is 12.8. The molecule has 0 saturated heterocycles. The molecule has 0 atom stereocenters. The minimum Gasteiger partial charge on any atom is -0.346 e. The van der Waals surface area contributed by atoms with Gasteiger partial charge in [-0.05, 0) is 49.2 Å². The summed E-state index contributed by atoms with van der Waals surface area (Å²) in [5, 5.41) is 6.67. The smallest absolute Gasteiger partial charge is 0.262 e. The van der Waals surface area contributed by atoms with Crippen LogP contribution in [0, 0.1) is 13.8 Å². The van der Waals surface area contributed by atoms with Gasteiger partial charge in [-0.3, -0.25) is 19.0 Å². The lowest BCUT2D eigenvalue weighted by atomic mass is 10.1. The van der Waals surface area contributed by atoms with E-state index in [0.717, 1.165) is 22.9 Å². The molecule has 0 aliphatic rings. The van der Waals surface area contributed by atoms with Gasteiger partial charge >= 0.3 is 0 Å². The second kappa shape index (κ2) is 10.5. The number of amides is 2. The average molecular weight is 471 g/mol. The first-order chi connectivity index (χ1) is 15.3. The van der Waals surface area contributed by atoms with Crippen LogP contribution in [0.5, 0.6) is 0 Å². The number of aromatic nitrogens is 2. The summed E-state index contributed by atoms with van der Waals surface area (Å²) >= 11 is 7.13. The third kappa shape index (κ3) is 5.57. The van der Waals surface area contributed by atoms with Gasteiger partial charge in [0, 0.05) is 17.3 Å². The largest absolute Gasteiger partial charge is 0.346 e. The summed E-state index contributed by atoms with van der Waals surface area (Å²) in [5.41, 5.74) is 2.98. The number of fused-ring (bicyclic) bond motifs is 1. The summed E-state index contributed by atoms with van der Waals surface area (Å²) in [5.74, 6) is -0.678. The lowest BCUT2D eigenvalue weighted by Gasteiger charge is -2.12. The monoisotopic (exact) mass is 470 g/mol. The van der Waals surface area contributed by atoms with E-state index in [4.69, 9.17) is 11.6 Å². The zero-order chi connectivity index (χ0) is 23.3. The number of hydrogen-bond donors (Lipinski definition) is 2. The SMILES string of the molecule is C=CCn1c(SCC(=O)NCC(=O)Nc2cccc(C)c2C)nc2cc(Cl)ccc2c1=O. The molecule has 0 saturated carbocycles. The van der Waals surface area contributed by atoms with Crippen LogP contribution in [-0.2, 0) is 16.1 Å². The van der Waals surface area contributed by atoms with Crippen molar-refractivity contribution in [1.82, 2.24) is 14.9 Å². The topological polar surface area (TPSA) is 93.1 Å². The van der Waals surface area contributed by atoms with E-state index in [1.807, 2.05) is 32.0 Å². The molecule has 2 aromatic carbocycles. The Kier molecular flexibility index (Phi) is 7.71. The van der Waals surface area contributed by atoms with Crippen LogP contribution in [0.4, 0.5) is 5.69 Å². The fourth-order valence-corrected chi connectivity index (χ4v) is 4.02. The van der Waals surface area contributed by atoms with Gasteiger partial charge in [0.05, 0.1) is 23.2 Å². The van der Waals surface area contributed by atoms with Gasteiger partial charge in [0.1, 0.15) is 0 Å². The minimum atomic E-state index is -0.350. The van der Waals surface area contributed by atoms with Gasteiger partial charge in [0.25, 0.3) is 5.56 Å². The lowest BCUT2D eigenvalue weighted by Crippen LogP contribution is -2.34. The molecule has 7 nitrogen and oxygen atoms in total. The zero-order valence-corrected chi connectivity index (χ0v) is 19.3. The van der Waals surface area contributed by atoms with Crippen molar-refractivity contribution < 1.29 is 9.59 Å². The maximum Gasteiger partial charge on any atom is 0.262 e. The molecule has 2 N–H and O–H groups in total. The van der Waals surface area contributed by atoms with Crippen molar-refractivity contribution in [3.8, 4) is 0 Å². The van der Waals surface area contributed by atoms with Crippen molar-refractivity contribution in [2.24, 2.45) is 0 Å². The number of carbonyl (C=O) groups excluding carboxylic acids is 2. The van der Waals surface area contributed by atoms with Gasteiger partial charge < -0.3 is 10.6 Å². The van der Waals surface area contributed by atoms with Crippen molar-refractivity contribution >= 4 is 51.8 Å². The zero-order valence-electron chi connectivity index (χ0n) is 17.8. The van der Waals surface area contributed by atoms with Crippen LogP contribution < -0.4 is 16.2 Å². The van der Waals surface area contributed by atoms with Crippen LogP contribution in [0.1, 0.15) is 11.1 Å². The number of rotatable bonds is 8. The summed E-state index contributed by atoms with van der Waals surface area (Å²) in [6.45, 7) is 7.66. The molecule has 0 aliphatic carbocycles. The third-order valence-electron chi connectivity index (χ3n) is 4.85. The van der Waals surface area contributed by atoms with E-state index in [9.17, 15) is 14.4 Å². The Morgan fingerprint density at radius 2 is 2.00 bits per heavy atom. The second-order valence-corrected chi connectivity index (χ2v) is 8.50. The summed E-state index contributed by atoms with van der Waals surface area (Å²) in [7, 11) is 0. The molecule has 3 aromatic rings. The summed E-state index contributed by atoms with van der Waals surface area (Å²) in [6, 6.07) is 10.5. The summed E-state index contributed by atoms with van der Waals surface area (Å²) in [4.78, 5) is 41.8. The van der Waals surface area contributed by atoms with E-state index in [2.05, 4.69) is 22.2 Å². The molecule has 1 aromatic heterocycles. The highest BCUT2D eigenvalue weighted by Gasteiger charge is 2.14. The predicted molar refractivity (Wildman–Crippen MR) is 129 cm³/mol. The van der Waals surface area contributed by atoms with Crippen molar-refractivity contribution in [2.45, 2.75) is 25.5 Å². The van der Waals surface area contributed by atoms with Crippen LogP contribution in [0.25, 0.3) is 10.9 Å². The van der Waals surface area contributed by atoms with Gasteiger partial charge in [0.15, 0.2) is 5.16 Å². The number of carbonyl (C=O) groups is 2. The fourth-order valence-electron chi connectivity index (χ4n) is 3.02. The molecular weight excluding hydrogens is 448 g/mol. The van der Waals surface area contributed by atoms with E-state index >= 15 is 0 Å². The molecule has 1 heterocycles. The molecule has 0 radical (unpaired) electrons. The first-order valence-corrected chi connectivity index (χ1v) is 11.2. The number of nitrogens with one attached hydrogen (secondary N) is 2. The molecule has 0 unspecified atom stereocenters. The van der Waals surface area contributed by atoms with Gasteiger partial charge in [-0.2, -0.15) is 0 Å². The van der Waals surface area contributed by atoms with Gasteiger partial charge in [-0.15, -0.1) is 6.58 Å². The quantitative estimate of drug-likeness (QED) is 0.297. The Bertz CT molecular complexity index is 1260. The van der Waals surface area contributed by atoms with E-state index in [0.29, 0.717) is 26.8 Å². The number of allylic oxidation sites excluding steroid dienone is 1.